The van der Waals surface area contributed by atoms with E-state index in [1.165, 1.54) is 18.9 Å². The zero-order valence-corrected chi connectivity index (χ0v) is 11.2. The van der Waals surface area contributed by atoms with Gasteiger partial charge in [0, 0.05) is 11.1 Å². The summed E-state index contributed by atoms with van der Waals surface area (Å²) >= 11 is 5.79. The van der Waals surface area contributed by atoms with Gasteiger partial charge in [0.1, 0.15) is 5.82 Å². The molecule has 1 atom stereocenters. The first-order valence-corrected chi connectivity index (χ1v) is 6.84. The SMILES string of the molecule is Fc1cc(Cl)ccc1-n1cncc1C1CCCCN1. The number of nitrogens with zero attached hydrogens (tertiary/aromatic N) is 2. The zero-order valence-electron chi connectivity index (χ0n) is 10.4. The molecule has 1 aliphatic rings. The van der Waals surface area contributed by atoms with Gasteiger partial charge >= 0.3 is 0 Å². The maximum atomic E-state index is 14.0. The summed E-state index contributed by atoms with van der Waals surface area (Å²) in [6.07, 6.45) is 6.89. The summed E-state index contributed by atoms with van der Waals surface area (Å²) in [5.41, 5.74) is 1.49. The Hall–Kier alpha value is -1.39. The molecule has 0 saturated carbocycles. The summed E-state index contributed by atoms with van der Waals surface area (Å²) in [4.78, 5) is 4.16. The quantitative estimate of drug-likeness (QED) is 0.912. The Morgan fingerprint density at radius 3 is 3.00 bits per heavy atom. The minimum Gasteiger partial charge on any atom is -0.309 e. The Bertz CT molecular complexity index is 576. The highest BCUT2D eigenvalue weighted by atomic mass is 35.5. The van der Waals surface area contributed by atoms with E-state index in [0.717, 1.165) is 18.7 Å². The van der Waals surface area contributed by atoms with E-state index in [2.05, 4.69) is 10.3 Å². The normalized spacial score (nSPS) is 19.6. The van der Waals surface area contributed by atoms with Crippen LogP contribution in [0.2, 0.25) is 5.02 Å². The van der Waals surface area contributed by atoms with E-state index >= 15 is 0 Å². The van der Waals surface area contributed by atoms with Gasteiger partial charge in [-0.1, -0.05) is 18.0 Å². The molecule has 1 aliphatic heterocycles. The number of hydrogen-bond donors (Lipinski definition) is 1. The molecule has 19 heavy (non-hydrogen) atoms. The molecule has 5 heteroatoms. The van der Waals surface area contributed by atoms with Crippen LogP contribution in [0.5, 0.6) is 0 Å². The minimum atomic E-state index is -0.331. The van der Waals surface area contributed by atoms with Crippen molar-refractivity contribution in [3.8, 4) is 5.69 Å². The van der Waals surface area contributed by atoms with E-state index in [4.69, 9.17) is 11.6 Å². The van der Waals surface area contributed by atoms with Gasteiger partial charge in [-0.2, -0.15) is 0 Å². The molecule has 0 amide bonds. The number of hydrogen-bond acceptors (Lipinski definition) is 2. The maximum Gasteiger partial charge on any atom is 0.148 e. The molecule has 0 bridgehead atoms. The van der Waals surface area contributed by atoms with Gasteiger partial charge in [0.15, 0.2) is 0 Å². The number of rotatable bonds is 2. The molecular formula is C14H15ClFN3. The lowest BCUT2D eigenvalue weighted by Gasteiger charge is -2.24. The Kier molecular flexibility index (Phi) is 3.53. The summed E-state index contributed by atoms with van der Waals surface area (Å²) in [6, 6.07) is 4.95. The summed E-state index contributed by atoms with van der Waals surface area (Å²) < 4.78 is 15.8. The van der Waals surface area contributed by atoms with Crippen molar-refractivity contribution in [1.82, 2.24) is 14.9 Å². The van der Waals surface area contributed by atoms with E-state index in [0.29, 0.717) is 10.7 Å². The molecule has 2 heterocycles. The Morgan fingerprint density at radius 1 is 1.37 bits per heavy atom. The fourth-order valence-corrected chi connectivity index (χ4v) is 2.70. The van der Waals surface area contributed by atoms with Crippen molar-refractivity contribution in [2.45, 2.75) is 25.3 Å². The van der Waals surface area contributed by atoms with Gasteiger partial charge in [0.25, 0.3) is 0 Å². The van der Waals surface area contributed by atoms with Crippen molar-refractivity contribution in [3.63, 3.8) is 0 Å². The third kappa shape index (κ3) is 2.51. The summed E-state index contributed by atoms with van der Waals surface area (Å²) in [7, 11) is 0. The topological polar surface area (TPSA) is 29.9 Å². The second-order valence-electron chi connectivity index (χ2n) is 4.79. The molecule has 1 aromatic carbocycles. The van der Waals surface area contributed by atoms with E-state index in [9.17, 15) is 4.39 Å². The standard InChI is InChI=1S/C14H15ClFN3/c15-10-4-5-13(11(16)7-10)19-9-17-8-14(19)12-3-1-2-6-18-12/h4-5,7-9,12,18H,1-3,6H2. The average Bonchev–Trinajstić information content (AvgIpc) is 2.89. The van der Waals surface area contributed by atoms with E-state index in [-0.39, 0.29) is 11.9 Å². The Balaban J connectivity index is 1.99. The Morgan fingerprint density at radius 2 is 2.26 bits per heavy atom. The van der Waals surface area contributed by atoms with Crippen molar-refractivity contribution in [2.75, 3.05) is 6.54 Å². The van der Waals surface area contributed by atoms with Crippen LogP contribution in [0.1, 0.15) is 31.0 Å². The van der Waals surface area contributed by atoms with Crippen molar-refractivity contribution in [3.05, 3.63) is 47.3 Å². The number of piperidine rings is 1. The lowest BCUT2D eigenvalue weighted by Crippen LogP contribution is -2.28. The van der Waals surface area contributed by atoms with Crippen LogP contribution in [-0.2, 0) is 0 Å². The average molecular weight is 280 g/mol. The number of imidazole rings is 1. The van der Waals surface area contributed by atoms with Gasteiger partial charge < -0.3 is 5.32 Å². The number of halogens is 2. The molecule has 1 fully saturated rings. The summed E-state index contributed by atoms with van der Waals surface area (Å²) in [5, 5.41) is 3.85. The minimum absolute atomic E-state index is 0.242. The number of aromatic nitrogens is 2. The predicted molar refractivity (Wildman–Crippen MR) is 73.1 cm³/mol. The van der Waals surface area contributed by atoms with Crippen LogP contribution < -0.4 is 5.32 Å². The smallest absolute Gasteiger partial charge is 0.148 e. The van der Waals surface area contributed by atoms with Gasteiger partial charge in [0.05, 0.1) is 23.9 Å². The van der Waals surface area contributed by atoms with Crippen molar-refractivity contribution in [1.29, 1.82) is 0 Å². The van der Waals surface area contributed by atoms with Crippen LogP contribution in [0, 0.1) is 5.82 Å². The highest BCUT2D eigenvalue weighted by Gasteiger charge is 2.20. The molecule has 1 saturated heterocycles. The monoisotopic (exact) mass is 279 g/mol. The molecule has 3 nitrogen and oxygen atoms in total. The van der Waals surface area contributed by atoms with Crippen LogP contribution in [-0.4, -0.2) is 16.1 Å². The molecular weight excluding hydrogens is 265 g/mol. The lowest BCUT2D eigenvalue weighted by molar-refractivity contribution is 0.401. The van der Waals surface area contributed by atoms with Gasteiger partial charge in [-0.3, -0.25) is 4.57 Å². The van der Waals surface area contributed by atoms with Crippen LogP contribution in [0.3, 0.4) is 0 Å². The first-order chi connectivity index (χ1) is 9.25. The lowest BCUT2D eigenvalue weighted by atomic mass is 10.0. The van der Waals surface area contributed by atoms with Crippen LogP contribution in [0.25, 0.3) is 5.69 Å². The molecule has 1 N–H and O–H groups in total. The molecule has 0 aliphatic carbocycles. The predicted octanol–water partition coefficient (Wildman–Crippen LogP) is 3.48. The molecule has 3 rings (SSSR count). The number of benzene rings is 1. The molecule has 1 unspecified atom stereocenters. The molecule has 1 aromatic heterocycles. The highest BCUT2D eigenvalue weighted by Crippen LogP contribution is 2.26. The number of nitrogens with one attached hydrogen (secondary N) is 1. The maximum absolute atomic E-state index is 14.0. The largest absolute Gasteiger partial charge is 0.309 e. The van der Waals surface area contributed by atoms with E-state index in [1.54, 1.807) is 29.2 Å². The first-order valence-electron chi connectivity index (χ1n) is 6.47. The van der Waals surface area contributed by atoms with E-state index in [1.807, 2.05) is 0 Å². The van der Waals surface area contributed by atoms with Crippen molar-refractivity contribution >= 4 is 11.6 Å². The van der Waals surface area contributed by atoms with Gasteiger partial charge in [-0.05, 0) is 37.6 Å². The molecule has 2 aromatic rings. The van der Waals surface area contributed by atoms with Gasteiger partial charge in [0.2, 0.25) is 0 Å². The van der Waals surface area contributed by atoms with Crippen LogP contribution >= 0.6 is 11.6 Å². The summed E-state index contributed by atoms with van der Waals surface area (Å²) in [5.74, 6) is -0.331. The van der Waals surface area contributed by atoms with Gasteiger partial charge in [-0.25, -0.2) is 9.37 Å². The fourth-order valence-electron chi connectivity index (χ4n) is 2.55. The second kappa shape index (κ2) is 5.31. The van der Waals surface area contributed by atoms with Crippen molar-refractivity contribution in [2.24, 2.45) is 0 Å². The fraction of sp³-hybridized carbons (Fsp3) is 0.357. The zero-order chi connectivity index (χ0) is 13.2. The van der Waals surface area contributed by atoms with Crippen molar-refractivity contribution < 1.29 is 4.39 Å². The van der Waals surface area contributed by atoms with E-state index < -0.39 is 0 Å². The second-order valence-corrected chi connectivity index (χ2v) is 5.22. The molecule has 0 spiro atoms. The molecule has 0 radical (unpaired) electrons. The molecule has 100 valence electrons. The third-order valence-electron chi connectivity index (χ3n) is 3.50. The van der Waals surface area contributed by atoms with Crippen LogP contribution in [0.15, 0.2) is 30.7 Å². The Labute approximate surface area is 116 Å². The third-order valence-corrected chi connectivity index (χ3v) is 3.74. The highest BCUT2D eigenvalue weighted by molar-refractivity contribution is 6.30. The van der Waals surface area contributed by atoms with Gasteiger partial charge in [-0.15, -0.1) is 0 Å². The first kappa shape index (κ1) is 12.6. The summed E-state index contributed by atoms with van der Waals surface area (Å²) in [6.45, 7) is 0.999. The van der Waals surface area contributed by atoms with Crippen LogP contribution in [0.4, 0.5) is 4.39 Å².